The first-order chi connectivity index (χ1) is 13.3. The van der Waals surface area contributed by atoms with Crippen molar-refractivity contribution in [1.82, 2.24) is 14.8 Å². The number of alkyl halides is 3. The Bertz CT molecular complexity index is 915. The Hall–Kier alpha value is -3.03. The van der Waals surface area contributed by atoms with E-state index in [0.717, 1.165) is 12.1 Å². The Kier molecular flexibility index (Phi) is 5.87. The Labute approximate surface area is 159 Å². The highest BCUT2D eigenvalue weighted by Gasteiger charge is 2.31. The molecule has 8 heteroatoms. The lowest BCUT2D eigenvalue weighted by molar-refractivity contribution is -0.137. The molecule has 2 aromatic rings. The van der Waals surface area contributed by atoms with Crippen LogP contribution in [-0.2, 0) is 15.8 Å². The number of allylic oxidation sites excluding steroid dienone is 4. The van der Waals surface area contributed by atoms with Crippen molar-refractivity contribution in [3.63, 3.8) is 0 Å². The van der Waals surface area contributed by atoms with Gasteiger partial charge in [0.25, 0.3) is 0 Å². The SMILES string of the molecule is O=C1C=CC(=O)C(CCCCC(c2cccc(C(F)(F)F)c2)n2cncn2)=C1. The van der Waals surface area contributed by atoms with E-state index in [1.54, 1.807) is 6.07 Å². The van der Waals surface area contributed by atoms with Crippen molar-refractivity contribution < 1.29 is 22.8 Å². The van der Waals surface area contributed by atoms with Gasteiger partial charge in [-0.25, -0.2) is 9.67 Å². The monoisotopic (exact) mass is 389 g/mol. The molecule has 0 N–H and O–H groups in total. The van der Waals surface area contributed by atoms with Crippen LogP contribution in [0.4, 0.5) is 13.2 Å². The molecule has 0 spiro atoms. The number of ketones is 2. The molecule has 1 atom stereocenters. The molecule has 0 aliphatic heterocycles. The second kappa shape index (κ2) is 8.33. The zero-order valence-electron chi connectivity index (χ0n) is 14.9. The maximum Gasteiger partial charge on any atom is 0.416 e. The molecular formula is C20H18F3N3O2. The third-order valence-electron chi connectivity index (χ3n) is 4.56. The molecule has 1 aliphatic carbocycles. The molecule has 0 saturated carbocycles. The smallest absolute Gasteiger partial charge is 0.290 e. The van der Waals surface area contributed by atoms with Crippen molar-refractivity contribution in [2.24, 2.45) is 0 Å². The van der Waals surface area contributed by atoms with Gasteiger partial charge in [0.15, 0.2) is 11.6 Å². The van der Waals surface area contributed by atoms with Gasteiger partial charge in [-0.15, -0.1) is 0 Å². The summed E-state index contributed by atoms with van der Waals surface area (Å²) < 4.78 is 40.7. The summed E-state index contributed by atoms with van der Waals surface area (Å²) in [5.41, 5.74) is 0.244. The van der Waals surface area contributed by atoms with Crippen molar-refractivity contribution in [3.05, 3.63) is 71.8 Å². The average molecular weight is 389 g/mol. The van der Waals surface area contributed by atoms with Crippen LogP contribution in [-0.4, -0.2) is 26.3 Å². The first-order valence-electron chi connectivity index (χ1n) is 8.83. The fourth-order valence-electron chi connectivity index (χ4n) is 3.16. The van der Waals surface area contributed by atoms with Crippen molar-refractivity contribution in [2.45, 2.75) is 37.9 Å². The minimum absolute atomic E-state index is 0.176. The minimum Gasteiger partial charge on any atom is -0.290 e. The summed E-state index contributed by atoms with van der Waals surface area (Å²) in [6.45, 7) is 0. The number of benzene rings is 1. The van der Waals surface area contributed by atoms with Gasteiger partial charge in [-0.1, -0.05) is 18.6 Å². The largest absolute Gasteiger partial charge is 0.416 e. The van der Waals surface area contributed by atoms with E-state index < -0.39 is 17.8 Å². The first kappa shape index (κ1) is 19.7. The molecule has 0 radical (unpaired) electrons. The number of unbranched alkanes of at least 4 members (excludes halogenated alkanes) is 1. The molecule has 146 valence electrons. The lowest BCUT2D eigenvalue weighted by Crippen LogP contribution is -2.13. The summed E-state index contributed by atoms with van der Waals surface area (Å²) in [5, 5.41) is 4.08. The highest BCUT2D eigenvalue weighted by atomic mass is 19.4. The Morgan fingerprint density at radius 1 is 1.11 bits per heavy atom. The van der Waals surface area contributed by atoms with Gasteiger partial charge in [0.05, 0.1) is 11.6 Å². The molecule has 1 unspecified atom stereocenters. The number of carbonyl (C=O) groups is 2. The van der Waals surface area contributed by atoms with Crippen molar-refractivity contribution in [2.75, 3.05) is 0 Å². The quantitative estimate of drug-likeness (QED) is 0.529. The van der Waals surface area contributed by atoms with Crippen molar-refractivity contribution >= 4 is 11.6 Å². The van der Waals surface area contributed by atoms with E-state index in [0.29, 0.717) is 36.8 Å². The lowest BCUT2D eigenvalue weighted by Gasteiger charge is -2.19. The summed E-state index contributed by atoms with van der Waals surface area (Å²) in [4.78, 5) is 27.0. The molecule has 0 bridgehead atoms. The number of rotatable bonds is 7. The molecule has 1 aromatic heterocycles. The molecule has 5 nitrogen and oxygen atoms in total. The van der Waals surface area contributed by atoms with Gasteiger partial charge in [0.1, 0.15) is 12.7 Å². The van der Waals surface area contributed by atoms with Crippen LogP contribution in [0, 0.1) is 0 Å². The second-order valence-corrected chi connectivity index (χ2v) is 6.53. The van der Waals surface area contributed by atoms with E-state index >= 15 is 0 Å². The molecule has 0 amide bonds. The summed E-state index contributed by atoms with van der Waals surface area (Å²) in [5.74, 6) is -0.385. The summed E-state index contributed by atoms with van der Waals surface area (Å²) in [7, 11) is 0. The highest BCUT2D eigenvalue weighted by Crippen LogP contribution is 2.32. The zero-order chi connectivity index (χ0) is 20.1. The standard InChI is InChI=1S/C20H18F3N3O2/c21-20(22,23)16-6-3-5-14(10-16)18(26-13-24-12-25-26)7-2-1-4-15-11-17(27)8-9-19(15)28/h3,5-6,8-13,18H,1-2,4,7H2. The van der Waals surface area contributed by atoms with Crippen LogP contribution < -0.4 is 0 Å². The van der Waals surface area contributed by atoms with E-state index in [2.05, 4.69) is 10.1 Å². The van der Waals surface area contributed by atoms with Crippen LogP contribution in [0.3, 0.4) is 0 Å². The molecule has 1 aromatic carbocycles. The second-order valence-electron chi connectivity index (χ2n) is 6.53. The van der Waals surface area contributed by atoms with Crippen LogP contribution >= 0.6 is 0 Å². The van der Waals surface area contributed by atoms with E-state index in [-0.39, 0.29) is 11.6 Å². The number of hydrogen-bond acceptors (Lipinski definition) is 4. The topological polar surface area (TPSA) is 64.8 Å². The number of halogens is 3. The molecular weight excluding hydrogens is 371 g/mol. The maximum absolute atomic E-state index is 13.0. The third kappa shape index (κ3) is 4.82. The Morgan fingerprint density at radius 2 is 1.93 bits per heavy atom. The molecule has 1 aliphatic rings. The summed E-state index contributed by atoms with van der Waals surface area (Å²) in [6.07, 6.45) is 4.47. The van der Waals surface area contributed by atoms with Gasteiger partial charge in [0.2, 0.25) is 0 Å². The molecule has 28 heavy (non-hydrogen) atoms. The van der Waals surface area contributed by atoms with Gasteiger partial charge >= 0.3 is 6.18 Å². The van der Waals surface area contributed by atoms with Gasteiger partial charge in [-0.05, 0) is 55.2 Å². The first-order valence-corrected chi connectivity index (χ1v) is 8.83. The lowest BCUT2D eigenvalue weighted by atomic mass is 9.95. The Balaban J connectivity index is 1.69. The predicted molar refractivity (Wildman–Crippen MR) is 95.3 cm³/mol. The number of aromatic nitrogens is 3. The summed E-state index contributed by atoms with van der Waals surface area (Å²) >= 11 is 0. The zero-order valence-corrected chi connectivity index (χ0v) is 14.9. The fourth-order valence-corrected chi connectivity index (χ4v) is 3.16. The van der Waals surface area contributed by atoms with E-state index in [9.17, 15) is 22.8 Å². The van der Waals surface area contributed by atoms with Gasteiger partial charge in [0, 0.05) is 5.57 Å². The summed E-state index contributed by atoms with van der Waals surface area (Å²) in [6, 6.07) is 4.78. The van der Waals surface area contributed by atoms with Crippen LogP contribution in [0.1, 0.15) is 42.9 Å². The van der Waals surface area contributed by atoms with Crippen molar-refractivity contribution in [3.8, 4) is 0 Å². The van der Waals surface area contributed by atoms with Crippen LogP contribution in [0.15, 0.2) is 60.7 Å². The van der Waals surface area contributed by atoms with Crippen LogP contribution in [0.2, 0.25) is 0 Å². The van der Waals surface area contributed by atoms with Crippen LogP contribution in [0.25, 0.3) is 0 Å². The van der Waals surface area contributed by atoms with Gasteiger partial charge in [-0.2, -0.15) is 18.3 Å². The molecule has 3 rings (SSSR count). The third-order valence-corrected chi connectivity index (χ3v) is 4.56. The molecule has 0 saturated heterocycles. The van der Waals surface area contributed by atoms with E-state index in [1.165, 1.54) is 41.6 Å². The van der Waals surface area contributed by atoms with Crippen molar-refractivity contribution in [1.29, 1.82) is 0 Å². The Morgan fingerprint density at radius 3 is 2.64 bits per heavy atom. The van der Waals surface area contributed by atoms with Gasteiger partial charge < -0.3 is 0 Å². The minimum atomic E-state index is -4.42. The van der Waals surface area contributed by atoms with E-state index in [1.807, 2.05) is 0 Å². The highest BCUT2D eigenvalue weighted by molar-refractivity contribution is 6.17. The number of hydrogen-bond donors (Lipinski definition) is 0. The number of carbonyl (C=O) groups excluding carboxylic acids is 2. The number of nitrogens with zero attached hydrogens (tertiary/aromatic N) is 3. The maximum atomic E-state index is 13.0. The molecule has 1 heterocycles. The average Bonchev–Trinajstić information content (AvgIpc) is 3.18. The normalized spacial score (nSPS) is 15.6. The molecule has 0 fully saturated rings. The van der Waals surface area contributed by atoms with E-state index in [4.69, 9.17) is 0 Å². The van der Waals surface area contributed by atoms with Gasteiger partial charge in [-0.3, -0.25) is 9.59 Å². The predicted octanol–water partition coefficient (Wildman–Crippen LogP) is 4.08. The van der Waals surface area contributed by atoms with Crippen LogP contribution in [0.5, 0.6) is 0 Å². The fraction of sp³-hybridized carbons (Fsp3) is 0.300.